The van der Waals surface area contributed by atoms with E-state index in [9.17, 15) is 0 Å². The highest BCUT2D eigenvalue weighted by atomic mass is 15.2. The van der Waals surface area contributed by atoms with Crippen molar-refractivity contribution in [3.05, 3.63) is 269 Å². The van der Waals surface area contributed by atoms with Gasteiger partial charge in [-0.1, -0.05) is 200 Å². The van der Waals surface area contributed by atoms with Crippen molar-refractivity contribution in [1.82, 2.24) is 0 Å². The first-order valence-electron chi connectivity index (χ1n) is 20.9. The van der Waals surface area contributed by atoms with Gasteiger partial charge in [0.2, 0.25) is 0 Å². The average molecular weight is 752 g/mol. The maximum absolute atomic E-state index is 2.48. The quantitative estimate of drug-likeness (QED) is 0.157. The fourth-order valence-electron chi connectivity index (χ4n) is 10.9. The van der Waals surface area contributed by atoms with E-state index in [0.717, 1.165) is 6.42 Å². The van der Waals surface area contributed by atoms with Gasteiger partial charge in [-0.25, -0.2) is 0 Å². The van der Waals surface area contributed by atoms with Gasteiger partial charge in [-0.3, -0.25) is 0 Å². The maximum atomic E-state index is 2.48. The molecule has 2 aliphatic carbocycles. The van der Waals surface area contributed by atoms with Gasteiger partial charge in [0.25, 0.3) is 0 Å². The van der Waals surface area contributed by atoms with Crippen LogP contribution in [0.4, 0.5) is 17.1 Å². The summed E-state index contributed by atoms with van der Waals surface area (Å²) in [5.74, 6) is 0.487. The van der Waals surface area contributed by atoms with E-state index in [1.165, 1.54) is 95.0 Å². The molecule has 9 aromatic rings. The maximum Gasteiger partial charge on any atom is 0.0757 e. The predicted octanol–water partition coefficient (Wildman–Crippen LogP) is 14.6. The van der Waals surface area contributed by atoms with Crippen LogP contribution >= 0.6 is 0 Å². The molecule has 1 heterocycles. The summed E-state index contributed by atoms with van der Waals surface area (Å²) < 4.78 is 0. The van der Waals surface area contributed by atoms with Crippen molar-refractivity contribution in [2.75, 3.05) is 4.90 Å². The van der Waals surface area contributed by atoms with Gasteiger partial charge in [0, 0.05) is 11.6 Å². The molecule has 2 unspecified atom stereocenters. The summed E-state index contributed by atoms with van der Waals surface area (Å²) in [6.07, 6.45) is 0.932. The van der Waals surface area contributed by atoms with Crippen LogP contribution in [0.1, 0.15) is 56.3 Å². The predicted molar refractivity (Wildman–Crippen MR) is 244 cm³/mol. The van der Waals surface area contributed by atoms with Gasteiger partial charge in [-0.05, 0) is 114 Å². The van der Waals surface area contributed by atoms with Gasteiger partial charge in [-0.15, -0.1) is 0 Å². The molecule has 0 radical (unpaired) electrons. The summed E-state index contributed by atoms with van der Waals surface area (Å²) in [6, 6.07) is 83.6. The van der Waals surface area contributed by atoms with Crippen molar-refractivity contribution in [2.24, 2.45) is 0 Å². The summed E-state index contributed by atoms with van der Waals surface area (Å²) in [5, 5.41) is 0. The second kappa shape index (κ2) is 13.4. The molecule has 0 saturated heterocycles. The fourth-order valence-corrected chi connectivity index (χ4v) is 10.9. The second-order valence-electron chi connectivity index (χ2n) is 16.3. The third-order valence-electron chi connectivity index (χ3n) is 13.3. The summed E-state index contributed by atoms with van der Waals surface area (Å²) in [5.41, 5.74) is 22.2. The van der Waals surface area contributed by atoms with E-state index >= 15 is 0 Å². The van der Waals surface area contributed by atoms with Crippen LogP contribution in [0.15, 0.2) is 224 Å². The van der Waals surface area contributed by atoms with Crippen molar-refractivity contribution in [3.8, 4) is 33.4 Å². The monoisotopic (exact) mass is 751 g/mol. The highest BCUT2D eigenvalue weighted by Gasteiger charge is 2.57. The van der Waals surface area contributed by atoms with Gasteiger partial charge in [0.15, 0.2) is 0 Å². The summed E-state index contributed by atoms with van der Waals surface area (Å²) in [7, 11) is 0. The van der Waals surface area contributed by atoms with Crippen LogP contribution in [-0.2, 0) is 11.8 Å². The molecule has 12 rings (SSSR count). The third-order valence-corrected chi connectivity index (χ3v) is 13.3. The fraction of sp³-hybridized carbons (Fsp3) is 0.0690. The SMILES string of the molecule is c1ccc(-c2ccc(CC(c3ccccc3-c3ccccc3)C3c4ccc5c(c43)C3(c4ccccc4-5)c4ccccc4N(c4ccccc4)c4ccccc43)cc2)cc1. The lowest BCUT2D eigenvalue weighted by molar-refractivity contribution is 0.661. The lowest BCUT2D eigenvalue weighted by atomic mass is 9.64. The topological polar surface area (TPSA) is 3.24 Å². The molecular formula is C58H41N. The molecular weight excluding hydrogens is 711 g/mol. The van der Waals surface area contributed by atoms with Crippen molar-refractivity contribution in [2.45, 2.75) is 23.7 Å². The zero-order valence-corrected chi connectivity index (χ0v) is 32.7. The minimum Gasteiger partial charge on any atom is -0.310 e. The lowest BCUT2D eigenvalue weighted by Crippen LogP contribution is -2.36. The molecule has 0 aromatic heterocycles. The molecule has 1 aliphatic heterocycles. The number of hydrogen-bond donors (Lipinski definition) is 0. The Morgan fingerprint density at radius 1 is 0.407 bits per heavy atom. The number of fused-ring (bicyclic) bond motifs is 11. The first kappa shape index (κ1) is 33.9. The Bertz CT molecular complexity index is 2970. The minimum absolute atomic E-state index is 0.228. The molecule has 9 aromatic carbocycles. The van der Waals surface area contributed by atoms with Crippen LogP contribution in [0.25, 0.3) is 33.4 Å². The van der Waals surface area contributed by atoms with E-state index in [-0.39, 0.29) is 11.8 Å². The first-order chi connectivity index (χ1) is 29.3. The molecule has 2 atom stereocenters. The molecule has 59 heavy (non-hydrogen) atoms. The molecule has 278 valence electrons. The zero-order valence-electron chi connectivity index (χ0n) is 32.7. The van der Waals surface area contributed by atoms with Crippen LogP contribution in [0.3, 0.4) is 0 Å². The number of hydrogen-bond acceptors (Lipinski definition) is 1. The Hall–Kier alpha value is -7.22. The Morgan fingerprint density at radius 2 is 0.932 bits per heavy atom. The van der Waals surface area contributed by atoms with Crippen molar-refractivity contribution in [3.63, 3.8) is 0 Å². The van der Waals surface area contributed by atoms with Gasteiger partial charge >= 0.3 is 0 Å². The van der Waals surface area contributed by atoms with Gasteiger partial charge in [0.1, 0.15) is 0 Å². The average Bonchev–Trinajstić information content (AvgIpc) is 3.97. The smallest absolute Gasteiger partial charge is 0.0757 e. The summed E-state index contributed by atoms with van der Waals surface area (Å²) >= 11 is 0. The zero-order chi connectivity index (χ0) is 38.9. The van der Waals surface area contributed by atoms with E-state index in [1.54, 1.807) is 0 Å². The first-order valence-corrected chi connectivity index (χ1v) is 20.9. The van der Waals surface area contributed by atoms with Gasteiger partial charge in [0.05, 0.1) is 16.8 Å². The second-order valence-corrected chi connectivity index (χ2v) is 16.3. The molecule has 0 saturated carbocycles. The van der Waals surface area contributed by atoms with E-state index in [1.807, 2.05) is 0 Å². The molecule has 0 bridgehead atoms. The summed E-state index contributed by atoms with van der Waals surface area (Å²) in [6.45, 7) is 0. The molecule has 1 heteroatoms. The van der Waals surface area contributed by atoms with Crippen LogP contribution < -0.4 is 4.90 Å². The number of para-hydroxylation sites is 3. The highest BCUT2D eigenvalue weighted by molar-refractivity contribution is 5.98. The number of nitrogens with zero attached hydrogens (tertiary/aromatic N) is 1. The van der Waals surface area contributed by atoms with Crippen LogP contribution in [-0.4, -0.2) is 0 Å². The van der Waals surface area contributed by atoms with Crippen LogP contribution in [0.5, 0.6) is 0 Å². The number of rotatable bonds is 7. The Balaban J connectivity index is 1.08. The molecule has 0 fully saturated rings. The Kier molecular flexibility index (Phi) is 7.71. The van der Waals surface area contributed by atoms with Crippen molar-refractivity contribution >= 4 is 17.1 Å². The van der Waals surface area contributed by atoms with Crippen molar-refractivity contribution in [1.29, 1.82) is 0 Å². The van der Waals surface area contributed by atoms with Gasteiger partial charge < -0.3 is 4.90 Å². The van der Waals surface area contributed by atoms with Crippen LogP contribution in [0.2, 0.25) is 0 Å². The van der Waals surface area contributed by atoms with E-state index in [0.29, 0.717) is 0 Å². The van der Waals surface area contributed by atoms with Crippen molar-refractivity contribution < 1.29 is 0 Å². The molecule has 1 spiro atoms. The molecule has 1 nitrogen and oxygen atoms in total. The Morgan fingerprint density at radius 3 is 1.61 bits per heavy atom. The standard InChI is InChI=1S/C58H41N/c1-4-18-40(19-5-1)41-34-32-39(33-35-41)38-49(45-25-11-10-24-44(45)42-20-6-2-7-21-42)55-48-37-36-47-46-26-12-13-27-50(46)58(57(47)56(48)55)51-28-14-16-30-53(51)59(43-22-8-3-9-23-43)54-31-17-15-29-52(54)58/h1-37,49,55H,38H2. The lowest BCUT2D eigenvalue weighted by Gasteiger charge is -2.45. The van der Waals surface area contributed by atoms with E-state index in [4.69, 9.17) is 0 Å². The highest BCUT2D eigenvalue weighted by Crippen LogP contribution is 2.69. The molecule has 0 amide bonds. The summed E-state index contributed by atoms with van der Waals surface area (Å²) in [4.78, 5) is 2.48. The van der Waals surface area contributed by atoms with Gasteiger partial charge in [-0.2, -0.15) is 0 Å². The molecule has 3 aliphatic rings. The molecule has 0 N–H and O–H groups in total. The van der Waals surface area contributed by atoms with E-state index in [2.05, 4.69) is 229 Å². The largest absolute Gasteiger partial charge is 0.310 e. The van der Waals surface area contributed by atoms with Crippen LogP contribution in [0, 0.1) is 0 Å². The number of anilines is 3. The normalized spacial score (nSPS) is 15.4. The Labute approximate surface area is 346 Å². The minimum atomic E-state index is -0.481. The van der Waals surface area contributed by atoms with E-state index < -0.39 is 5.41 Å². The number of benzene rings is 9. The third kappa shape index (κ3) is 5.11.